The summed E-state index contributed by atoms with van der Waals surface area (Å²) in [6.45, 7) is -4.05. The van der Waals surface area contributed by atoms with E-state index in [4.69, 9.17) is 4.42 Å². The van der Waals surface area contributed by atoms with Crippen molar-refractivity contribution >= 4 is 40.8 Å². The number of phenols is 1. The topological polar surface area (TPSA) is 243 Å². The summed E-state index contributed by atoms with van der Waals surface area (Å²) < 4.78 is 6.07. The first-order chi connectivity index (χ1) is 21.2. The van der Waals surface area contributed by atoms with Gasteiger partial charge in [0.15, 0.2) is 5.43 Å². The zero-order valence-corrected chi connectivity index (χ0v) is 23.3. The number of aromatic hydroxyl groups is 1. The van der Waals surface area contributed by atoms with Gasteiger partial charge in [-0.05, 0) is 29.8 Å². The lowest BCUT2D eigenvalue weighted by Crippen LogP contribution is -2.35. The van der Waals surface area contributed by atoms with Crippen LogP contribution in [-0.4, -0.2) is 96.5 Å². The van der Waals surface area contributed by atoms with Gasteiger partial charge in [0, 0.05) is 41.2 Å². The van der Waals surface area contributed by atoms with Crippen molar-refractivity contribution in [3.63, 3.8) is 0 Å². The van der Waals surface area contributed by atoms with Gasteiger partial charge in [0.2, 0.25) is 0 Å². The molecule has 2 aromatic carbocycles. The van der Waals surface area contributed by atoms with E-state index in [2.05, 4.69) is 0 Å². The first-order valence-electron chi connectivity index (χ1n) is 13.1. The Morgan fingerprint density at radius 1 is 0.689 bits per heavy atom. The molecule has 0 fully saturated rings. The second-order valence-corrected chi connectivity index (χ2v) is 10.1. The summed E-state index contributed by atoms with van der Waals surface area (Å²) in [6, 6.07) is 11.0. The largest absolute Gasteiger partial charge is 0.507 e. The molecule has 0 saturated heterocycles. The first kappa shape index (κ1) is 32.1. The van der Waals surface area contributed by atoms with Crippen molar-refractivity contribution in [2.45, 2.75) is 13.1 Å². The molecule has 2 aromatic rings. The Bertz CT molecular complexity index is 1830. The van der Waals surface area contributed by atoms with E-state index in [9.17, 15) is 59.4 Å². The number of carboxylic acid groups (broad SMARTS) is 5. The van der Waals surface area contributed by atoms with Crippen molar-refractivity contribution in [1.29, 1.82) is 0 Å². The molecule has 0 saturated carbocycles. The van der Waals surface area contributed by atoms with Crippen LogP contribution in [-0.2, 0) is 32.3 Å². The summed E-state index contributed by atoms with van der Waals surface area (Å²) in [4.78, 5) is 72.7. The summed E-state index contributed by atoms with van der Waals surface area (Å²) >= 11 is 0. The Morgan fingerprint density at radius 3 is 1.80 bits per heavy atom. The van der Waals surface area contributed by atoms with Gasteiger partial charge in [0.1, 0.15) is 17.1 Å². The minimum atomic E-state index is -1.39. The monoisotopic (exact) mass is 622 g/mol. The number of hydrogen-bond acceptors (Lipinski definition) is 10. The quantitative estimate of drug-likeness (QED) is 0.110. The minimum absolute atomic E-state index is 0.0278. The molecule has 4 rings (SSSR count). The van der Waals surface area contributed by atoms with Crippen LogP contribution in [0.4, 0.5) is 0 Å². The standard InChI is InChI=1S/C30H26N2O13/c33-16-5-6-19-22(8-16)45-29-20(27(19)17-3-1-2-4-18(17)30(43)44)7-15(9-31(11-23(34)35)12-24(36)37)28(42)21(29)10-32(13-25(38)39)14-26(40)41/h1-8,42H,9-14H2,(H,34,35)(H,36,37)(H,38,39)(H,40,41)(H,43,44). The molecule has 1 aliphatic heterocycles. The highest BCUT2D eigenvalue weighted by Gasteiger charge is 2.28. The number of hydrogen-bond donors (Lipinski definition) is 6. The highest BCUT2D eigenvalue weighted by Crippen LogP contribution is 2.45. The number of nitrogens with zero attached hydrogens (tertiary/aromatic N) is 2. The molecule has 0 unspecified atom stereocenters. The van der Waals surface area contributed by atoms with E-state index in [1.54, 1.807) is 6.07 Å². The molecule has 0 bridgehead atoms. The van der Waals surface area contributed by atoms with Gasteiger partial charge in [-0.3, -0.25) is 33.8 Å². The van der Waals surface area contributed by atoms with Crippen molar-refractivity contribution < 1.29 is 59.0 Å². The molecule has 0 aromatic heterocycles. The van der Waals surface area contributed by atoms with Gasteiger partial charge in [-0.2, -0.15) is 0 Å². The molecule has 0 radical (unpaired) electrons. The lowest BCUT2D eigenvalue weighted by molar-refractivity contribution is -0.144. The molecule has 6 N–H and O–H groups in total. The second-order valence-electron chi connectivity index (χ2n) is 10.1. The molecule has 15 heteroatoms. The van der Waals surface area contributed by atoms with Gasteiger partial charge in [0.05, 0.1) is 37.3 Å². The lowest BCUT2D eigenvalue weighted by atomic mass is 9.89. The Labute approximate surface area is 252 Å². The second kappa shape index (κ2) is 13.2. The van der Waals surface area contributed by atoms with E-state index in [0.29, 0.717) is 0 Å². The number of aliphatic carboxylic acids is 4. The van der Waals surface area contributed by atoms with Gasteiger partial charge in [0.25, 0.3) is 0 Å². The molecule has 0 amide bonds. The fourth-order valence-electron chi connectivity index (χ4n) is 5.13. The number of aromatic carboxylic acids is 1. The van der Waals surface area contributed by atoms with E-state index >= 15 is 0 Å². The van der Waals surface area contributed by atoms with Crippen LogP contribution in [0.15, 0.2) is 57.7 Å². The molecular weight excluding hydrogens is 596 g/mol. The molecule has 0 atom stereocenters. The number of phenolic OH excluding ortho intramolecular Hbond substituents is 1. The normalized spacial score (nSPS) is 11.3. The van der Waals surface area contributed by atoms with Crippen molar-refractivity contribution in [2.24, 2.45) is 0 Å². The van der Waals surface area contributed by atoms with Crippen LogP contribution < -0.4 is 5.43 Å². The molecule has 1 aliphatic carbocycles. The number of rotatable bonds is 14. The average molecular weight is 623 g/mol. The number of benzene rings is 3. The highest BCUT2D eigenvalue weighted by molar-refractivity contribution is 6.08. The van der Waals surface area contributed by atoms with Crippen LogP contribution in [0.25, 0.3) is 33.4 Å². The maximum atomic E-state index is 12.3. The predicted octanol–water partition coefficient (Wildman–Crippen LogP) is 1.91. The van der Waals surface area contributed by atoms with Crippen LogP contribution in [0.1, 0.15) is 21.5 Å². The number of carboxylic acids is 5. The molecule has 234 valence electrons. The van der Waals surface area contributed by atoms with E-state index in [-0.39, 0.29) is 50.1 Å². The fourth-order valence-corrected chi connectivity index (χ4v) is 5.13. The Hall–Kier alpha value is -5.80. The smallest absolute Gasteiger partial charge is 0.336 e. The van der Waals surface area contributed by atoms with Crippen LogP contribution in [0, 0.1) is 0 Å². The fraction of sp³-hybridized carbons (Fsp3) is 0.200. The van der Waals surface area contributed by atoms with Crippen molar-refractivity contribution in [3.8, 4) is 28.2 Å². The Balaban J connectivity index is 2.14. The third-order valence-corrected chi connectivity index (χ3v) is 6.77. The molecule has 2 aliphatic rings. The SMILES string of the molecule is O=C(O)CN(CC(=O)O)Cc1cc2c(-c3ccccc3C(=O)O)c3ccc(=O)cc-3oc2c(CN(CC(=O)O)CC(=O)O)c1O. The maximum Gasteiger partial charge on any atom is 0.336 e. The van der Waals surface area contributed by atoms with Gasteiger partial charge < -0.3 is 35.1 Å². The van der Waals surface area contributed by atoms with Gasteiger partial charge >= 0.3 is 29.8 Å². The third-order valence-electron chi connectivity index (χ3n) is 6.77. The molecule has 15 nitrogen and oxygen atoms in total. The summed E-state index contributed by atoms with van der Waals surface area (Å²) in [5.41, 5.74) is -0.312. The summed E-state index contributed by atoms with van der Waals surface area (Å²) in [5, 5.41) is 59.2. The number of fused-ring (bicyclic) bond motifs is 2. The lowest BCUT2D eigenvalue weighted by Gasteiger charge is -2.25. The summed E-state index contributed by atoms with van der Waals surface area (Å²) in [6.07, 6.45) is 0. The van der Waals surface area contributed by atoms with Crippen molar-refractivity contribution in [3.05, 3.63) is 75.4 Å². The van der Waals surface area contributed by atoms with Crippen LogP contribution in [0.2, 0.25) is 0 Å². The van der Waals surface area contributed by atoms with E-state index in [1.165, 1.54) is 36.4 Å². The Kier molecular flexibility index (Phi) is 9.45. The summed E-state index contributed by atoms with van der Waals surface area (Å²) in [7, 11) is 0. The molecule has 1 heterocycles. The molecular formula is C30H26N2O13. The summed E-state index contributed by atoms with van der Waals surface area (Å²) in [5.74, 6) is -7.41. The van der Waals surface area contributed by atoms with E-state index < -0.39 is 80.3 Å². The minimum Gasteiger partial charge on any atom is -0.507 e. The van der Waals surface area contributed by atoms with Gasteiger partial charge in [-0.15, -0.1) is 0 Å². The molecule has 45 heavy (non-hydrogen) atoms. The van der Waals surface area contributed by atoms with Gasteiger partial charge in [-0.1, -0.05) is 18.2 Å². The van der Waals surface area contributed by atoms with E-state index in [0.717, 1.165) is 15.9 Å². The van der Waals surface area contributed by atoms with Crippen molar-refractivity contribution in [1.82, 2.24) is 9.80 Å². The van der Waals surface area contributed by atoms with Crippen LogP contribution >= 0.6 is 0 Å². The predicted molar refractivity (Wildman–Crippen MR) is 154 cm³/mol. The average Bonchev–Trinajstić information content (AvgIpc) is 2.92. The van der Waals surface area contributed by atoms with Crippen molar-refractivity contribution in [2.75, 3.05) is 26.2 Å². The Morgan fingerprint density at radius 2 is 1.24 bits per heavy atom. The van der Waals surface area contributed by atoms with E-state index in [1.807, 2.05) is 0 Å². The van der Waals surface area contributed by atoms with Gasteiger partial charge in [-0.25, -0.2) is 4.79 Å². The maximum absolute atomic E-state index is 12.3. The van der Waals surface area contributed by atoms with Crippen LogP contribution in [0.3, 0.4) is 0 Å². The highest BCUT2D eigenvalue weighted by atomic mass is 16.4. The van der Waals surface area contributed by atoms with Crippen LogP contribution in [0.5, 0.6) is 5.75 Å². The first-order valence-corrected chi connectivity index (χ1v) is 13.1. The number of carbonyl (C=O) groups is 5. The zero-order valence-electron chi connectivity index (χ0n) is 23.3. The third kappa shape index (κ3) is 7.41. The molecule has 0 spiro atoms. The zero-order chi connectivity index (χ0) is 33.0.